The van der Waals surface area contributed by atoms with Crippen molar-refractivity contribution in [3.63, 3.8) is 0 Å². The van der Waals surface area contributed by atoms with Gasteiger partial charge < -0.3 is 14.8 Å². The summed E-state index contributed by atoms with van der Waals surface area (Å²) in [6, 6.07) is 8.10. The third-order valence-corrected chi connectivity index (χ3v) is 5.02. The highest BCUT2D eigenvalue weighted by molar-refractivity contribution is 5.95. The highest BCUT2D eigenvalue weighted by Gasteiger charge is 2.28. The molecule has 158 valence electrons. The first-order chi connectivity index (χ1) is 14.3. The molecule has 0 fully saturated rings. The van der Waals surface area contributed by atoms with E-state index in [0.717, 1.165) is 11.1 Å². The molecule has 0 aliphatic carbocycles. The van der Waals surface area contributed by atoms with Gasteiger partial charge in [0, 0.05) is 29.5 Å². The molecule has 1 atom stereocenters. The normalized spacial score (nSPS) is 14.6. The van der Waals surface area contributed by atoms with Crippen molar-refractivity contribution in [1.29, 1.82) is 0 Å². The lowest BCUT2D eigenvalue weighted by Crippen LogP contribution is -2.34. The van der Waals surface area contributed by atoms with Crippen molar-refractivity contribution in [2.24, 2.45) is 0 Å². The van der Waals surface area contributed by atoms with Gasteiger partial charge in [-0.25, -0.2) is 4.39 Å². The fourth-order valence-corrected chi connectivity index (χ4v) is 3.49. The largest absolute Gasteiger partial charge is 0.487 e. The van der Waals surface area contributed by atoms with Crippen molar-refractivity contribution in [1.82, 2.24) is 5.32 Å². The van der Waals surface area contributed by atoms with E-state index < -0.39 is 11.8 Å². The molecule has 30 heavy (non-hydrogen) atoms. The molecule has 2 aromatic carbocycles. The van der Waals surface area contributed by atoms with Gasteiger partial charge in [0.2, 0.25) is 5.91 Å². The second-order valence-electron chi connectivity index (χ2n) is 7.38. The summed E-state index contributed by atoms with van der Waals surface area (Å²) in [5.41, 5.74) is 3.19. The number of amides is 1. The van der Waals surface area contributed by atoms with E-state index in [4.69, 9.17) is 4.74 Å². The van der Waals surface area contributed by atoms with E-state index in [9.17, 15) is 18.8 Å². The number of Topliss-reactive ketones (excluding diaryl/α,β-unsaturated/α-hetero) is 1. The highest BCUT2D eigenvalue weighted by Crippen LogP contribution is 2.41. The average Bonchev–Trinajstić information content (AvgIpc) is 3.12. The number of fused-ring (bicyclic) bond motifs is 1. The van der Waals surface area contributed by atoms with Crippen molar-refractivity contribution in [2.45, 2.75) is 39.2 Å². The average molecular weight is 413 g/mol. The first kappa shape index (κ1) is 21.5. The Labute approximate surface area is 174 Å². The molecule has 0 bridgehead atoms. The summed E-state index contributed by atoms with van der Waals surface area (Å²) in [6.07, 6.45) is 0.319. The van der Waals surface area contributed by atoms with Gasteiger partial charge in [-0.3, -0.25) is 14.4 Å². The molecule has 1 aliphatic heterocycles. The predicted octanol–water partition coefficient (Wildman–Crippen LogP) is 3.38. The number of methoxy groups -OCH3 is 1. The maximum Gasteiger partial charge on any atom is 0.306 e. The maximum atomic E-state index is 14.6. The number of hydrogen-bond acceptors (Lipinski definition) is 5. The molecular weight excluding hydrogens is 389 g/mol. The number of halogens is 1. The number of benzene rings is 2. The van der Waals surface area contributed by atoms with Crippen LogP contribution in [0.4, 0.5) is 4.39 Å². The summed E-state index contributed by atoms with van der Waals surface area (Å²) in [7, 11) is 1.28. The summed E-state index contributed by atoms with van der Waals surface area (Å²) in [4.78, 5) is 34.8. The van der Waals surface area contributed by atoms with Crippen LogP contribution in [0.5, 0.6) is 5.75 Å². The molecule has 1 amide bonds. The SMILES string of the molecule is COC(=O)CCC(=O)NCC1Cc2cc(C)cc(-c3cc(C(C)=O)ccc3F)c2O1. The molecule has 0 radical (unpaired) electrons. The second kappa shape index (κ2) is 9.07. The number of rotatable bonds is 7. The quantitative estimate of drug-likeness (QED) is 0.556. The van der Waals surface area contributed by atoms with Crippen LogP contribution in [0, 0.1) is 12.7 Å². The molecule has 6 nitrogen and oxygen atoms in total. The number of hydrogen-bond donors (Lipinski definition) is 1. The van der Waals surface area contributed by atoms with Crippen LogP contribution >= 0.6 is 0 Å². The van der Waals surface area contributed by atoms with E-state index in [0.29, 0.717) is 28.9 Å². The summed E-state index contributed by atoms with van der Waals surface area (Å²) < 4.78 is 25.2. The zero-order chi connectivity index (χ0) is 21.8. The van der Waals surface area contributed by atoms with Crippen molar-refractivity contribution < 1.29 is 28.2 Å². The third kappa shape index (κ3) is 4.84. The number of aryl methyl sites for hydroxylation is 1. The molecule has 7 heteroatoms. The van der Waals surface area contributed by atoms with Crippen LogP contribution in [-0.4, -0.2) is 37.4 Å². The van der Waals surface area contributed by atoms with Gasteiger partial charge in [0.15, 0.2) is 5.78 Å². The van der Waals surface area contributed by atoms with Crippen LogP contribution in [0.25, 0.3) is 11.1 Å². The second-order valence-corrected chi connectivity index (χ2v) is 7.38. The first-order valence-corrected chi connectivity index (χ1v) is 9.73. The van der Waals surface area contributed by atoms with Gasteiger partial charge in [0.1, 0.15) is 17.7 Å². The molecule has 2 aromatic rings. The van der Waals surface area contributed by atoms with Crippen LogP contribution in [-0.2, 0) is 20.7 Å². The molecular formula is C23H24FNO5. The van der Waals surface area contributed by atoms with Gasteiger partial charge in [0.25, 0.3) is 0 Å². The van der Waals surface area contributed by atoms with Gasteiger partial charge >= 0.3 is 5.97 Å². The van der Waals surface area contributed by atoms with Crippen molar-refractivity contribution in [3.05, 3.63) is 52.8 Å². The number of carbonyl (C=O) groups is 3. The maximum absolute atomic E-state index is 14.6. The molecule has 3 rings (SSSR count). The highest BCUT2D eigenvalue weighted by atomic mass is 19.1. The fourth-order valence-electron chi connectivity index (χ4n) is 3.49. The summed E-state index contributed by atoms with van der Waals surface area (Å²) in [5.74, 6) is -0.722. The first-order valence-electron chi connectivity index (χ1n) is 9.73. The van der Waals surface area contributed by atoms with Crippen LogP contribution in [0.3, 0.4) is 0 Å². The zero-order valence-corrected chi connectivity index (χ0v) is 17.2. The zero-order valence-electron chi connectivity index (χ0n) is 17.2. The van der Waals surface area contributed by atoms with Crippen molar-refractivity contribution in [2.75, 3.05) is 13.7 Å². The lowest BCUT2D eigenvalue weighted by atomic mass is 9.95. The Morgan fingerprint density at radius 3 is 2.63 bits per heavy atom. The van der Waals surface area contributed by atoms with Gasteiger partial charge in [-0.2, -0.15) is 0 Å². The topological polar surface area (TPSA) is 81.7 Å². The van der Waals surface area contributed by atoms with Crippen molar-refractivity contribution in [3.8, 4) is 16.9 Å². The molecule has 0 saturated carbocycles. The Morgan fingerprint density at radius 2 is 1.93 bits per heavy atom. The Morgan fingerprint density at radius 1 is 1.17 bits per heavy atom. The van der Waals surface area contributed by atoms with E-state index >= 15 is 0 Å². The molecule has 1 aliphatic rings. The molecule has 0 aromatic heterocycles. The number of ether oxygens (including phenoxy) is 2. The Bertz CT molecular complexity index is 1000. The Balaban J connectivity index is 1.76. The van der Waals surface area contributed by atoms with E-state index in [1.807, 2.05) is 19.1 Å². The summed E-state index contributed by atoms with van der Waals surface area (Å²) in [5, 5.41) is 2.76. The standard InChI is InChI=1S/C23H24FNO5/c1-13-8-16-10-17(12-25-21(27)6-7-22(28)29-3)30-23(16)19(9-13)18-11-15(14(2)26)4-5-20(18)24/h4-5,8-9,11,17H,6-7,10,12H2,1-3H3,(H,25,27). The number of nitrogens with one attached hydrogen (secondary N) is 1. The molecule has 1 heterocycles. The van der Waals surface area contributed by atoms with Crippen LogP contribution in [0.15, 0.2) is 30.3 Å². The van der Waals surface area contributed by atoms with Gasteiger partial charge in [-0.05, 0) is 49.2 Å². The monoisotopic (exact) mass is 413 g/mol. The van der Waals surface area contributed by atoms with Crippen LogP contribution in [0.2, 0.25) is 0 Å². The lowest BCUT2D eigenvalue weighted by molar-refractivity contribution is -0.142. The van der Waals surface area contributed by atoms with Crippen LogP contribution in [0.1, 0.15) is 41.3 Å². The minimum absolute atomic E-state index is 0.0171. The van der Waals surface area contributed by atoms with E-state index in [-0.39, 0.29) is 37.2 Å². The third-order valence-electron chi connectivity index (χ3n) is 5.02. The van der Waals surface area contributed by atoms with Gasteiger partial charge in [-0.15, -0.1) is 0 Å². The van der Waals surface area contributed by atoms with E-state index in [2.05, 4.69) is 10.1 Å². The van der Waals surface area contributed by atoms with Gasteiger partial charge in [-0.1, -0.05) is 6.07 Å². The van der Waals surface area contributed by atoms with E-state index in [1.54, 1.807) is 0 Å². The Hall–Kier alpha value is -3.22. The van der Waals surface area contributed by atoms with Crippen LogP contribution < -0.4 is 10.1 Å². The number of esters is 1. The minimum Gasteiger partial charge on any atom is -0.487 e. The smallest absolute Gasteiger partial charge is 0.306 e. The lowest BCUT2D eigenvalue weighted by Gasteiger charge is -2.15. The van der Waals surface area contributed by atoms with E-state index in [1.165, 1.54) is 32.2 Å². The number of carbonyl (C=O) groups excluding carboxylic acids is 3. The minimum atomic E-state index is -0.440. The summed E-state index contributed by atoms with van der Waals surface area (Å²) in [6.45, 7) is 3.62. The van der Waals surface area contributed by atoms with Gasteiger partial charge in [0.05, 0.1) is 20.1 Å². The molecule has 0 saturated heterocycles. The fraction of sp³-hybridized carbons (Fsp3) is 0.348. The number of ketones is 1. The van der Waals surface area contributed by atoms with Crippen molar-refractivity contribution >= 4 is 17.7 Å². The molecule has 1 unspecified atom stereocenters. The summed E-state index contributed by atoms with van der Waals surface area (Å²) >= 11 is 0. The molecule has 0 spiro atoms. The Kier molecular flexibility index (Phi) is 6.50. The predicted molar refractivity (Wildman–Crippen MR) is 109 cm³/mol. The molecule has 1 N–H and O–H groups in total.